The van der Waals surface area contributed by atoms with Gasteiger partial charge in [0, 0.05) is 11.5 Å². The Morgan fingerprint density at radius 3 is 2.44 bits per heavy atom. The van der Waals surface area contributed by atoms with Crippen molar-refractivity contribution in [3.8, 4) is 34.1 Å². The summed E-state index contributed by atoms with van der Waals surface area (Å²) in [6.07, 6.45) is 2.25. The van der Waals surface area contributed by atoms with Crippen molar-refractivity contribution < 1.29 is 14.2 Å². The van der Waals surface area contributed by atoms with Gasteiger partial charge in [-0.15, -0.1) is 0 Å². The first kappa shape index (κ1) is 24.1. The number of aromatic amines is 2. The number of imidazole rings is 1. The fraction of sp³-hybridized carbons (Fsp3) is 0.286. The highest BCUT2D eigenvalue weighted by Crippen LogP contribution is 2.35. The zero-order valence-electron chi connectivity index (χ0n) is 21.0. The first-order valence-electron chi connectivity index (χ1n) is 12.9. The minimum Gasteiger partial charge on any atom is -0.456 e. The number of nitrogens with zero attached hydrogens (tertiary/aromatic N) is 4. The molecule has 2 aliphatic rings. The van der Waals surface area contributed by atoms with Gasteiger partial charge in [-0.25, -0.2) is 19.6 Å². The normalized spacial score (nSPS) is 22.4. The average molecular weight is 545 g/mol. The number of halogens is 1. The Hall–Kier alpha value is -3.99. The molecule has 198 valence electrons. The molecular weight excluding hydrogens is 520 g/mol. The van der Waals surface area contributed by atoms with Gasteiger partial charge in [0.2, 0.25) is 0 Å². The molecule has 0 bridgehead atoms. The predicted octanol–water partition coefficient (Wildman–Crippen LogP) is 4.39. The second-order valence-corrected chi connectivity index (χ2v) is 10.2. The van der Waals surface area contributed by atoms with Gasteiger partial charge in [-0.3, -0.25) is 0 Å². The molecule has 0 radical (unpaired) electrons. The van der Waals surface area contributed by atoms with Crippen molar-refractivity contribution in [2.24, 2.45) is 5.92 Å². The summed E-state index contributed by atoms with van der Waals surface area (Å²) in [7, 11) is 0. The number of H-pyrrole nitrogens is 2. The lowest BCUT2D eigenvalue weighted by Crippen LogP contribution is -2.33. The van der Waals surface area contributed by atoms with E-state index in [1.807, 2.05) is 54.6 Å². The van der Waals surface area contributed by atoms with Crippen LogP contribution in [0.1, 0.15) is 13.3 Å². The molecule has 39 heavy (non-hydrogen) atoms. The molecule has 2 saturated heterocycles. The van der Waals surface area contributed by atoms with Gasteiger partial charge in [-0.1, -0.05) is 54.9 Å². The largest absolute Gasteiger partial charge is 0.456 e. The van der Waals surface area contributed by atoms with E-state index in [-0.39, 0.29) is 24.0 Å². The van der Waals surface area contributed by atoms with Crippen molar-refractivity contribution in [1.29, 1.82) is 0 Å². The molecule has 0 saturated carbocycles. The predicted molar refractivity (Wildman–Crippen MR) is 145 cm³/mol. The summed E-state index contributed by atoms with van der Waals surface area (Å²) in [6.45, 7) is 3.32. The highest BCUT2D eigenvalue weighted by molar-refractivity contribution is 6.33. The number of hydrogen-bond donors (Lipinski definition) is 2. The van der Waals surface area contributed by atoms with Crippen LogP contribution < -0.4 is 10.4 Å². The van der Waals surface area contributed by atoms with Crippen LogP contribution in [0.5, 0.6) is 6.01 Å². The van der Waals surface area contributed by atoms with Gasteiger partial charge in [0.1, 0.15) is 12.4 Å². The van der Waals surface area contributed by atoms with Crippen LogP contribution in [0.4, 0.5) is 0 Å². The number of benzene rings is 2. The third-order valence-corrected chi connectivity index (χ3v) is 7.73. The molecule has 0 spiro atoms. The molecule has 4 unspecified atom stereocenters. The number of rotatable bonds is 6. The molecule has 0 aliphatic carbocycles. The number of nitrogens with one attached hydrogen (secondary N) is 2. The summed E-state index contributed by atoms with van der Waals surface area (Å²) >= 11 is 6.63. The second-order valence-electron chi connectivity index (χ2n) is 9.81. The summed E-state index contributed by atoms with van der Waals surface area (Å²) in [4.78, 5) is 27.5. The molecule has 11 heteroatoms. The summed E-state index contributed by atoms with van der Waals surface area (Å²) in [6, 6.07) is 18.0. The first-order chi connectivity index (χ1) is 19.1. The molecule has 0 amide bonds. The van der Waals surface area contributed by atoms with Crippen LogP contribution in [0.3, 0.4) is 0 Å². The molecular formula is C28H25ClN6O4. The van der Waals surface area contributed by atoms with Gasteiger partial charge in [-0.2, -0.15) is 9.97 Å². The van der Waals surface area contributed by atoms with E-state index < -0.39 is 0 Å². The molecule has 5 aromatic rings. The quantitative estimate of drug-likeness (QED) is 0.325. The van der Waals surface area contributed by atoms with Crippen molar-refractivity contribution in [2.75, 3.05) is 13.2 Å². The lowest BCUT2D eigenvalue weighted by Gasteiger charge is -2.16. The Labute approximate surface area is 227 Å². The Kier molecular flexibility index (Phi) is 5.95. The minimum absolute atomic E-state index is 0.0756. The molecule has 7 rings (SSSR count). The third-order valence-electron chi connectivity index (χ3n) is 7.45. The topological polar surface area (TPSA) is 120 Å². The van der Waals surface area contributed by atoms with Crippen molar-refractivity contribution in [2.45, 2.75) is 31.7 Å². The second kappa shape index (κ2) is 9.64. The number of aromatic nitrogens is 6. The maximum Gasteiger partial charge on any atom is 0.361 e. The van der Waals surface area contributed by atoms with Crippen molar-refractivity contribution in [3.63, 3.8) is 0 Å². The maximum atomic E-state index is 11.3. The zero-order valence-corrected chi connectivity index (χ0v) is 21.8. The minimum atomic E-state index is -0.385. The van der Waals surface area contributed by atoms with Gasteiger partial charge < -0.3 is 19.2 Å². The van der Waals surface area contributed by atoms with Gasteiger partial charge in [0.25, 0.3) is 6.01 Å². The molecule has 4 atom stereocenters. The maximum absolute atomic E-state index is 11.3. The van der Waals surface area contributed by atoms with E-state index in [0.29, 0.717) is 47.0 Å². The lowest BCUT2D eigenvalue weighted by molar-refractivity contribution is 0.0258. The van der Waals surface area contributed by atoms with Crippen LogP contribution in [0, 0.1) is 5.92 Å². The standard InChI is InChI=1S/C28H25ClN6O4/c1-2-15-12-37-25-22(13-38-24(15)25)39-28-31-21-11-20(29)23(32-26(21)33-28)18-5-3-16(4-6-18)17-7-9-19(10-8-17)35-14-30-27(36)34-35/h3-11,14-15,22,24-25H,2,12-13H2,1H3,(H,34,36)(H,31,32,33). The van der Waals surface area contributed by atoms with Crippen LogP contribution in [0.15, 0.2) is 65.7 Å². The van der Waals surface area contributed by atoms with E-state index in [4.69, 9.17) is 30.8 Å². The summed E-state index contributed by atoms with van der Waals surface area (Å²) in [5.74, 6) is 0.405. The monoisotopic (exact) mass is 544 g/mol. The van der Waals surface area contributed by atoms with Gasteiger partial charge >= 0.3 is 5.69 Å². The van der Waals surface area contributed by atoms with Crippen LogP contribution in [-0.2, 0) is 9.47 Å². The van der Waals surface area contributed by atoms with Crippen LogP contribution in [-0.4, -0.2) is 61.2 Å². The Bertz CT molecular complexity index is 1690. The Morgan fingerprint density at radius 2 is 1.72 bits per heavy atom. The molecule has 10 nitrogen and oxygen atoms in total. The van der Waals surface area contributed by atoms with Crippen LogP contribution >= 0.6 is 11.6 Å². The van der Waals surface area contributed by atoms with Crippen molar-refractivity contribution >= 4 is 22.8 Å². The van der Waals surface area contributed by atoms with E-state index in [1.54, 1.807) is 4.68 Å². The lowest BCUT2D eigenvalue weighted by atomic mass is 9.99. The van der Waals surface area contributed by atoms with E-state index in [2.05, 4.69) is 27.0 Å². The summed E-state index contributed by atoms with van der Waals surface area (Å²) < 4.78 is 19.6. The first-order valence-corrected chi connectivity index (χ1v) is 13.2. The van der Waals surface area contributed by atoms with Gasteiger partial charge in [0.05, 0.1) is 41.2 Å². The molecule has 5 heterocycles. The van der Waals surface area contributed by atoms with Gasteiger partial charge in [-0.05, 0) is 35.7 Å². The Balaban J connectivity index is 1.10. The van der Waals surface area contributed by atoms with Crippen LogP contribution in [0.2, 0.25) is 5.02 Å². The van der Waals surface area contributed by atoms with Gasteiger partial charge in [0.15, 0.2) is 11.8 Å². The highest BCUT2D eigenvalue weighted by Gasteiger charge is 2.48. The number of hydrogen-bond acceptors (Lipinski definition) is 7. The number of ether oxygens (including phenoxy) is 3. The van der Waals surface area contributed by atoms with Crippen molar-refractivity contribution in [3.05, 3.63) is 76.4 Å². The SMILES string of the molecule is CCC1COC2C(Oc3nc4nc(-c5ccc(-c6ccc(-n7cnc(=O)[nH]7)cc6)cc5)c(Cl)cc4[nH]3)COC12. The number of pyridine rings is 1. The molecule has 2 N–H and O–H groups in total. The third kappa shape index (κ3) is 4.40. The van der Waals surface area contributed by atoms with E-state index in [9.17, 15) is 4.79 Å². The Morgan fingerprint density at radius 1 is 1.00 bits per heavy atom. The van der Waals surface area contributed by atoms with Crippen molar-refractivity contribution in [1.82, 2.24) is 29.7 Å². The number of fused-ring (bicyclic) bond motifs is 2. The summed E-state index contributed by atoms with van der Waals surface area (Å²) in [5.41, 5.74) is 5.24. The molecule has 3 aromatic heterocycles. The fourth-order valence-corrected chi connectivity index (χ4v) is 5.59. The fourth-order valence-electron chi connectivity index (χ4n) is 5.33. The summed E-state index contributed by atoms with van der Waals surface area (Å²) in [5, 5.41) is 3.14. The van der Waals surface area contributed by atoms with Crippen LogP contribution in [0.25, 0.3) is 39.2 Å². The van der Waals surface area contributed by atoms with E-state index in [0.717, 1.165) is 28.8 Å². The zero-order chi connectivity index (χ0) is 26.5. The smallest absolute Gasteiger partial charge is 0.361 e. The molecule has 2 aliphatic heterocycles. The highest BCUT2D eigenvalue weighted by atomic mass is 35.5. The van der Waals surface area contributed by atoms with E-state index in [1.165, 1.54) is 6.33 Å². The average Bonchev–Trinajstić information content (AvgIpc) is 3.74. The molecule has 2 aromatic carbocycles. The van der Waals surface area contributed by atoms with E-state index >= 15 is 0 Å². The molecule has 2 fully saturated rings.